The van der Waals surface area contributed by atoms with Crippen LogP contribution in [0, 0.1) is 0 Å². The Morgan fingerprint density at radius 1 is 1.33 bits per heavy atom. The van der Waals surface area contributed by atoms with E-state index in [1.165, 1.54) is 12.1 Å². The molecule has 0 aliphatic carbocycles. The van der Waals surface area contributed by atoms with Gasteiger partial charge in [-0.05, 0) is 18.2 Å². The van der Waals surface area contributed by atoms with E-state index in [0.717, 1.165) is 12.1 Å². The normalized spacial score (nSPS) is 11.1. The summed E-state index contributed by atoms with van der Waals surface area (Å²) in [6.45, 7) is 0.0881. The van der Waals surface area contributed by atoms with Crippen LogP contribution in [0.3, 0.4) is 0 Å². The Morgan fingerprint density at radius 3 is 2.67 bits per heavy atom. The van der Waals surface area contributed by atoms with Gasteiger partial charge in [0.15, 0.2) is 0 Å². The topological polar surface area (TPSA) is 26.3 Å². The van der Waals surface area contributed by atoms with Crippen molar-refractivity contribution in [3.8, 4) is 5.75 Å². The Bertz CT molecular complexity index is 334. The summed E-state index contributed by atoms with van der Waals surface area (Å²) in [4.78, 5) is 9.96. The van der Waals surface area contributed by atoms with Gasteiger partial charge in [-0.2, -0.15) is 13.2 Å². The number of ether oxygens (including phenoxy) is 1. The lowest BCUT2D eigenvalue weighted by Crippen LogP contribution is -2.05. The molecule has 0 N–H and O–H groups in total. The molecule has 0 saturated heterocycles. The highest BCUT2D eigenvalue weighted by molar-refractivity contribution is 5.49. The number of rotatable bonds is 4. The van der Waals surface area contributed by atoms with E-state index in [4.69, 9.17) is 4.74 Å². The molecule has 2 nitrogen and oxygen atoms in total. The molecule has 0 aliphatic heterocycles. The second-order valence-electron chi connectivity index (χ2n) is 2.83. The van der Waals surface area contributed by atoms with Crippen molar-refractivity contribution in [3.63, 3.8) is 0 Å². The molecule has 1 aromatic carbocycles. The standard InChI is InChI=1S/C10H9F3O2/c11-10(12,13)8-3-1-4-9(7-8)15-6-2-5-14/h1,3-5,7H,2,6H2. The third-order valence-electron chi connectivity index (χ3n) is 1.67. The molecule has 5 heteroatoms. The minimum absolute atomic E-state index is 0.0881. The zero-order valence-electron chi connectivity index (χ0n) is 7.75. The van der Waals surface area contributed by atoms with Crippen LogP contribution in [-0.4, -0.2) is 12.9 Å². The van der Waals surface area contributed by atoms with Crippen molar-refractivity contribution in [1.82, 2.24) is 0 Å². The average molecular weight is 218 g/mol. The van der Waals surface area contributed by atoms with E-state index in [-0.39, 0.29) is 18.8 Å². The average Bonchev–Trinajstić information content (AvgIpc) is 2.17. The van der Waals surface area contributed by atoms with E-state index in [9.17, 15) is 18.0 Å². The van der Waals surface area contributed by atoms with Crippen LogP contribution in [0.5, 0.6) is 5.75 Å². The maximum absolute atomic E-state index is 12.2. The molecular weight excluding hydrogens is 209 g/mol. The highest BCUT2D eigenvalue weighted by Gasteiger charge is 2.30. The van der Waals surface area contributed by atoms with Gasteiger partial charge in [0.1, 0.15) is 12.0 Å². The lowest BCUT2D eigenvalue weighted by atomic mass is 10.2. The van der Waals surface area contributed by atoms with Crippen molar-refractivity contribution in [1.29, 1.82) is 0 Å². The minimum atomic E-state index is -4.37. The molecule has 0 unspecified atom stereocenters. The van der Waals surface area contributed by atoms with E-state index in [2.05, 4.69) is 0 Å². The van der Waals surface area contributed by atoms with Crippen LogP contribution in [0.15, 0.2) is 24.3 Å². The van der Waals surface area contributed by atoms with Crippen LogP contribution in [-0.2, 0) is 11.0 Å². The predicted octanol–water partition coefficient (Wildman–Crippen LogP) is 2.67. The van der Waals surface area contributed by atoms with Gasteiger partial charge in [0.2, 0.25) is 0 Å². The van der Waals surface area contributed by atoms with Crippen molar-refractivity contribution in [2.75, 3.05) is 6.61 Å². The number of halogens is 3. The number of carbonyl (C=O) groups is 1. The Balaban J connectivity index is 2.70. The van der Waals surface area contributed by atoms with E-state index in [1.54, 1.807) is 0 Å². The SMILES string of the molecule is O=CCCOc1cccc(C(F)(F)F)c1. The summed E-state index contributed by atoms with van der Waals surface area (Å²) in [5.41, 5.74) is -0.758. The zero-order chi connectivity index (χ0) is 11.3. The first kappa shape index (κ1) is 11.6. The molecule has 0 radical (unpaired) electrons. The Hall–Kier alpha value is -1.52. The number of alkyl halides is 3. The number of carbonyl (C=O) groups excluding carboxylic acids is 1. The van der Waals surface area contributed by atoms with Crippen LogP contribution < -0.4 is 4.74 Å². The fraction of sp³-hybridized carbons (Fsp3) is 0.300. The molecule has 0 aliphatic rings. The van der Waals surface area contributed by atoms with Crippen LogP contribution >= 0.6 is 0 Å². The molecule has 0 fully saturated rings. The molecular formula is C10H9F3O2. The third kappa shape index (κ3) is 3.61. The summed E-state index contributed by atoms with van der Waals surface area (Å²) in [5.74, 6) is 0.117. The smallest absolute Gasteiger partial charge is 0.416 e. The van der Waals surface area contributed by atoms with Crippen molar-refractivity contribution in [3.05, 3.63) is 29.8 Å². The summed E-state index contributed by atoms with van der Waals surface area (Å²) < 4.78 is 41.7. The van der Waals surface area contributed by atoms with Gasteiger partial charge in [-0.3, -0.25) is 0 Å². The van der Waals surface area contributed by atoms with Crippen molar-refractivity contribution < 1.29 is 22.7 Å². The summed E-state index contributed by atoms with van der Waals surface area (Å²) in [6.07, 6.45) is -3.56. The number of hydrogen-bond donors (Lipinski definition) is 0. The molecule has 1 rings (SSSR count). The van der Waals surface area contributed by atoms with Gasteiger partial charge in [-0.15, -0.1) is 0 Å². The predicted molar refractivity (Wildman–Crippen MR) is 47.6 cm³/mol. The largest absolute Gasteiger partial charge is 0.493 e. The van der Waals surface area contributed by atoms with Gasteiger partial charge in [-0.1, -0.05) is 6.07 Å². The third-order valence-corrected chi connectivity index (χ3v) is 1.67. The fourth-order valence-electron chi connectivity index (χ4n) is 0.987. The molecule has 0 spiro atoms. The van der Waals surface area contributed by atoms with E-state index in [0.29, 0.717) is 6.29 Å². The Labute approximate surface area is 84.7 Å². The maximum atomic E-state index is 12.2. The molecule has 0 aromatic heterocycles. The molecule has 0 atom stereocenters. The lowest BCUT2D eigenvalue weighted by Gasteiger charge is -2.09. The molecule has 0 heterocycles. The first-order chi connectivity index (χ1) is 7.04. The van der Waals surface area contributed by atoms with Crippen LogP contribution in [0.1, 0.15) is 12.0 Å². The molecule has 1 aromatic rings. The number of aldehydes is 1. The molecule has 82 valence electrons. The van der Waals surface area contributed by atoms with E-state index < -0.39 is 11.7 Å². The van der Waals surface area contributed by atoms with Gasteiger partial charge < -0.3 is 9.53 Å². The summed E-state index contributed by atoms with van der Waals surface area (Å²) in [5, 5.41) is 0. The monoisotopic (exact) mass is 218 g/mol. The number of hydrogen-bond acceptors (Lipinski definition) is 2. The zero-order valence-corrected chi connectivity index (χ0v) is 7.75. The van der Waals surface area contributed by atoms with E-state index >= 15 is 0 Å². The molecule has 0 saturated carbocycles. The van der Waals surface area contributed by atoms with Gasteiger partial charge in [-0.25, -0.2) is 0 Å². The first-order valence-electron chi connectivity index (χ1n) is 4.28. The summed E-state index contributed by atoms with van der Waals surface area (Å²) >= 11 is 0. The van der Waals surface area contributed by atoms with Crippen molar-refractivity contribution in [2.45, 2.75) is 12.6 Å². The fourth-order valence-corrected chi connectivity index (χ4v) is 0.987. The van der Waals surface area contributed by atoms with Crippen LogP contribution in [0.25, 0.3) is 0 Å². The highest BCUT2D eigenvalue weighted by Crippen LogP contribution is 2.31. The lowest BCUT2D eigenvalue weighted by molar-refractivity contribution is -0.137. The minimum Gasteiger partial charge on any atom is -0.493 e. The van der Waals surface area contributed by atoms with Crippen molar-refractivity contribution >= 4 is 6.29 Å². The quantitative estimate of drug-likeness (QED) is 0.573. The second kappa shape index (κ2) is 4.82. The van der Waals surface area contributed by atoms with E-state index in [1.807, 2.05) is 0 Å². The van der Waals surface area contributed by atoms with Crippen LogP contribution in [0.2, 0.25) is 0 Å². The maximum Gasteiger partial charge on any atom is 0.416 e. The Kier molecular flexibility index (Phi) is 3.71. The molecule has 0 bridgehead atoms. The van der Waals surface area contributed by atoms with Crippen molar-refractivity contribution in [2.24, 2.45) is 0 Å². The summed E-state index contributed by atoms with van der Waals surface area (Å²) in [6, 6.07) is 4.55. The Morgan fingerprint density at radius 2 is 2.07 bits per heavy atom. The van der Waals surface area contributed by atoms with Crippen LogP contribution in [0.4, 0.5) is 13.2 Å². The van der Waals surface area contributed by atoms with Gasteiger partial charge in [0.25, 0.3) is 0 Å². The highest BCUT2D eigenvalue weighted by atomic mass is 19.4. The van der Waals surface area contributed by atoms with Gasteiger partial charge in [0, 0.05) is 6.42 Å². The molecule has 15 heavy (non-hydrogen) atoms. The summed E-state index contributed by atoms with van der Waals surface area (Å²) in [7, 11) is 0. The first-order valence-corrected chi connectivity index (χ1v) is 4.28. The second-order valence-corrected chi connectivity index (χ2v) is 2.83. The van der Waals surface area contributed by atoms with Gasteiger partial charge in [0.05, 0.1) is 12.2 Å². The van der Waals surface area contributed by atoms with Gasteiger partial charge >= 0.3 is 6.18 Å². The number of benzene rings is 1. The molecule has 0 amide bonds.